The Morgan fingerprint density at radius 2 is 1.86 bits per heavy atom. The largest absolute Gasteiger partial charge is 0.478 e. The SMILES string of the molecule is CC(C)(C)OC1(C)CCC2C(C)(C)C2(Nc2nc(-n3ncc(C(=O)O)c3C(F)(F)F)ccc2F)C1=O. The van der Waals surface area contributed by atoms with Gasteiger partial charge in [-0.15, -0.1) is 0 Å². The van der Waals surface area contributed by atoms with Gasteiger partial charge in [-0.25, -0.2) is 18.9 Å². The summed E-state index contributed by atoms with van der Waals surface area (Å²) in [5.74, 6) is -4.04. The van der Waals surface area contributed by atoms with E-state index in [1.165, 1.54) is 0 Å². The van der Waals surface area contributed by atoms with Crippen LogP contribution in [0.4, 0.5) is 23.4 Å². The van der Waals surface area contributed by atoms with E-state index in [0.717, 1.165) is 12.1 Å². The van der Waals surface area contributed by atoms with Crippen molar-refractivity contribution in [3.05, 3.63) is 35.4 Å². The normalized spacial score (nSPS) is 27.5. The van der Waals surface area contributed by atoms with Gasteiger partial charge in [0.1, 0.15) is 16.7 Å². The second-order valence-electron chi connectivity index (χ2n) is 11.1. The fourth-order valence-electron chi connectivity index (χ4n) is 5.70. The molecule has 0 aromatic carbocycles. The van der Waals surface area contributed by atoms with Gasteiger partial charge in [-0.2, -0.15) is 18.3 Å². The highest BCUT2D eigenvalue weighted by molar-refractivity contribution is 6.03. The zero-order valence-electron chi connectivity index (χ0n) is 20.7. The molecular formula is C24H28F4N4O4. The molecule has 2 aromatic rings. The summed E-state index contributed by atoms with van der Waals surface area (Å²) in [7, 11) is 0. The third kappa shape index (κ3) is 3.86. The molecule has 2 N–H and O–H groups in total. The van der Waals surface area contributed by atoms with Gasteiger partial charge in [0, 0.05) is 5.41 Å². The van der Waals surface area contributed by atoms with Crippen molar-refractivity contribution >= 4 is 17.6 Å². The van der Waals surface area contributed by atoms with E-state index < -0.39 is 63.0 Å². The molecule has 0 saturated heterocycles. The van der Waals surface area contributed by atoms with Crippen molar-refractivity contribution in [2.45, 2.75) is 77.3 Å². The minimum atomic E-state index is -5.07. The molecule has 3 unspecified atom stereocenters. The number of hydrogen-bond acceptors (Lipinski definition) is 6. The van der Waals surface area contributed by atoms with E-state index in [1.54, 1.807) is 6.92 Å². The summed E-state index contributed by atoms with van der Waals surface area (Å²) in [6, 6.07) is 1.85. The molecule has 2 aliphatic rings. The van der Waals surface area contributed by atoms with Gasteiger partial charge in [0.2, 0.25) is 0 Å². The van der Waals surface area contributed by atoms with E-state index >= 15 is 0 Å². The first-order valence-corrected chi connectivity index (χ1v) is 11.4. The number of hydrogen-bond donors (Lipinski definition) is 2. The molecule has 2 heterocycles. The molecule has 3 atom stereocenters. The highest BCUT2D eigenvalue weighted by Gasteiger charge is 2.79. The van der Waals surface area contributed by atoms with Gasteiger partial charge in [0.25, 0.3) is 0 Å². The van der Waals surface area contributed by atoms with Gasteiger partial charge in [-0.3, -0.25) is 4.79 Å². The van der Waals surface area contributed by atoms with Crippen LogP contribution in [0, 0.1) is 17.2 Å². The molecule has 8 nitrogen and oxygen atoms in total. The number of ether oxygens (including phenoxy) is 1. The number of carbonyl (C=O) groups excluding carboxylic acids is 1. The Balaban J connectivity index is 1.78. The van der Waals surface area contributed by atoms with Crippen LogP contribution in [-0.2, 0) is 15.7 Å². The van der Waals surface area contributed by atoms with Crippen molar-refractivity contribution in [2.24, 2.45) is 11.3 Å². The molecular weight excluding hydrogens is 484 g/mol. The number of carboxylic acids is 1. The summed E-state index contributed by atoms with van der Waals surface area (Å²) in [5, 5.41) is 15.6. The van der Waals surface area contributed by atoms with Crippen molar-refractivity contribution in [3.8, 4) is 5.82 Å². The van der Waals surface area contributed by atoms with E-state index in [2.05, 4.69) is 15.4 Å². The predicted octanol–water partition coefficient (Wildman–Crippen LogP) is 4.87. The Labute approximate surface area is 205 Å². The number of fused-ring (bicyclic) bond motifs is 1. The quantitative estimate of drug-likeness (QED) is 0.551. The summed E-state index contributed by atoms with van der Waals surface area (Å²) >= 11 is 0. The Bertz CT molecular complexity index is 1250. The van der Waals surface area contributed by atoms with Crippen LogP contribution in [0.2, 0.25) is 0 Å². The average Bonchev–Trinajstić information content (AvgIpc) is 3.02. The minimum absolute atomic E-state index is 0.173. The monoisotopic (exact) mass is 512 g/mol. The van der Waals surface area contributed by atoms with Gasteiger partial charge < -0.3 is 15.2 Å². The molecule has 4 rings (SSSR count). The maximum absolute atomic E-state index is 14.9. The minimum Gasteiger partial charge on any atom is -0.478 e. The number of aromatic carboxylic acids is 1. The number of nitrogens with zero attached hydrogens (tertiary/aromatic N) is 3. The van der Waals surface area contributed by atoms with Crippen LogP contribution in [0.15, 0.2) is 18.3 Å². The number of pyridine rings is 1. The van der Waals surface area contributed by atoms with Gasteiger partial charge >= 0.3 is 12.1 Å². The number of rotatable bonds is 5. The first kappa shape index (κ1) is 26.1. The number of ketones is 1. The molecule has 0 spiro atoms. The third-order valence-electron chi connectivity index (χ3n) is 7.24. The highest BCUT2D eigenvalue weighted by Crippen LogP contribution is 2.69. The summed E-state index contributed by atoms with van der Waals surface area (Å²) in [6.45, 7) is 10.9. The van der Waals surface area contributed by atoms with Crippen LogP contribution in [-0.4, -0.2) is 48.4 Å². The molecule has 2 aliphatic carbocycles. The Hall–Kier alpha value is -3.02. The van der Waals surface area contributed by atoms with Crippen molar-refractivity contribution in [1.82, 2.24) is 14.8 Å². The average molecular weight is 513 g/mol. The van der Waals surface area contributed by atoms with Gasteiger partial charge in [-0.1, -0.05) is 13.8 Å². The van der Waals surface area contributed by atoms with E-state index in [9.17, 15) is 27.2 Å². The van der Waals surface area contributed by atoms with E-state index in [1.807, 2.05) is 34.6 Å². The first-order chi connectivity index (χ1) is 16.3. The van der Waals surface area contributed by atoms with Crippen LogP contribution in [0.1, 0.15) is 70.4 Å². The molecule has 0 aliphatic heterocycles. The molecule has 196 valence electrons. The fourth-order valence-corrected chi connectivity index (χ4v) is 5.70. The number of carbonyl (C=O) groups is 2. The summed E-state index contributed by atoms with van der Waals surface area (Å²) < 4.78 is 62.4. The molecule has 12 heteroatoms. The number of aromatic nitrogens is 3. The van der Waals surface area contributed by atoms with Crippen molar-refractivity contribution in [1.29, 1.82) is 0 Å². The number of alkyl halides is 3. The van der Waals surface area contributed by atoms with Crippen molar-refractivity contribution < 1.29 is 37.0 Å². The maximum Gasteiger partial charge on any atom is 0.434 e. The Morgan fingerprint density at radius 1 is 1.22 bits per heavy atom. The zero-order valence-corrected chi connectivity index (χ0v) is 20.7. The Kier molecular flexibility index (Phi) is 5.60. The van der Waals surface area contributed by atoms with Gasteiger partial charge in [-0.05, 0) is 58.6 Å². The van der Waals surface area contributed by atoms with Crippen LogP contribution in [0.25, 0.3) is 5.82 Å². The standard InChI is InChI=1S/C24H28F4N4O4/c1-20(2,3)36-22(6)10-9-14-21(4,5)23(14,19(22)35)31-17-13(25)7-8-15(30-17)32-16(24(26,27)28)12(11-29-32)18(33)34/h7-8,11,14H,9-10H2,1-6H3,(H,30,31)(H,33,34). The highest BCUT2D eigenvalue weighted by atomic mass is 19.4. The lowest BCUT2D eigenvalue weighted by atomic mass is 9.80. The van der Waals surface area contributed by atoms with E-state index in [-0.39, 0.29) is 11.7 Å². The van der Waals surface area contributed by atoms with E-state index in [0.29, 0.717) is 23.7 Å². The number of anilines is 1. The number of nitrogens with one attached hydrogen (secondary N) is 1. The molecule has 2 fully saturated rings. The smallest absolute Gasteiger partial charge is 0.434 e. The lowest BCUT2D eigenvalue weighted by molar-refractivity contribution is -0.168. The zero-order chi connectivity index (χ0) is 27.1. The Morgan fingerprint density at radius 3 is 2.42 bits per heavy atom. The van der Waals surface area contributed by atoms with E-state index in [4.69, 9.17) is 9.84 Å². The third-order valence-corrected chi connectivity index (χ3v) is 7.24. The fraction of sp³-hybridized carbons (Fsp3) is 0.583. The van der Waals surface area contributed by atoms with Crippen molar-refractivity contribution in [3.63, 3.8) is 0 Å². The number of Topliss-reactive ketones (excluding diaryl/α,β-unsaturated/α-hetero) is 1. The van der Waals surface area contributed by atoms with Crippen molar-refractivity contribution in [2.75, 3.05) is 5.32 Å². The molecule has 2 saturated carbocycles. The van der Waals surface area contributed by atoms with Crippen LogP contribution < -0.4 is 5.32 Å². The molecule has 0 radical (unpaired) electrons. The maximum atomic E-state index is 14.9. The lowest BCUT2D eigenvalue weighted by Crippen LogP contribution is -2.56. The first-order valence-electron chi connectivity index (χ1n) is 11.4. The summed E-state index contributed by atoms with van der Waals surface area (Å²) in [4.78, 5) is 29.2. The number of carboxylic acid groups (broad SMARTS) is 1. The van der Waals surface area contributed by atoms with Gasteiger partial charge in [0.15, 0.2) is 28.9 Å². The second kappa shape index (κ2) is 7.74. The van der Waals surface area contributed by atoms with Crippen LogP contribution in [0.3, 0.4) is 0 Å². The molecule has 2 aromatic heterocycles. The summed E-state index contributed by atoms with van der Waals surface area (Å²) in [5.41, 5.74) is -6.26. The molecule has 0 amide bonds. The lowest BCUT2D eigenvalue weighted by Gasteiger charge is -2.41. The van der Waals surface area contributed by atoms with Crippen LogP contribution in [0.5, 0.6) is 0 Å². The van der Waals surface area contributed by atoms with Gasteiger partial charge in [0.05, 0.1) is 11.8 Å². The predicted molar refractivity (Wildman–Crippen MR) is 120 cm³/mol. The second-order valence-corrected chi connectivity index (χ2v) is 11.1. The molecule has 36 heavy (non-hydrogen) atoms. The topological polar surface area (TPSA) is 106 Å². The van der Waals surface area contributed by atoms with Crippen LogP contribution >= 0.6 is 0 Å². The summed E-state index contributed by atoms with van der Waals surface area (Å²) in [6.07, 6.45) is -3.43. The number of halogens is 4. The molecule has 0 bridgehead atoms.